The van der Waals surface area contributed by atoms with Gasteiger partial charge in [0.05, 0.1) is 17.9 Å². The normalized spacial score (nSPS) is 10.6. The van der Waals surface area contributed by atoms with Crippen LogP contribution >= 0.6 is 11.6 Å². The molecule has 0 atom stereocenters. The summed E-state index contributed by atoms with van der Waals surface area (Å²) >= 11 is 6.12. The molecule has 0 bridgehead atoms. The maximum Gasteiger partial charge on any atom is 0.274 e. The second-order valence-corrected chi connectivity index (χ2v) is 6.36. The maximum atomic E-state index is 12.8. The van der Waals surface area contributed by atoms with Crippen LogP contribution in [0.4, 0.5) is 0 Å². The second-order valence-electron chi connectivity index (χ2n) is 5.92. The molecule has 3 aromatic heterocycles. The Morgan fingerprint density at radius 1 is 1.07 bits per heavy atom. The second kappa shape index (κ2) is 7.98. The topological polar surface area (TPSA) is 85.6 Å². The monoisotopic (exact) mass is 390 g/mol. The predicted octanol–water partition coefficient (Wildman–Crippen LogP) is 3.31. The van der Waals surface area contributed by atoms with E-state index in [4.69, 9.17) is 11.6 Å². The van der Waals surface area contributed by atoms with Crippen molar-refractivity contribution in [2.75, 3.05) is 0 Å². The van der Waals surface area contributed by atoms with Crippen molar-refractivity contribution >= 4 is 17.5 Å². The molecule has 1 amide bonds. The first kappa shape index (κ1) is 17.8. The first-order valence-corrected chi connectivity index (χ1v) is 8.90. The van der Waals surface area contributed by atoms with E-state index in [0.717, 1.165) is 11.3 Å². The lowest BCUT2D eigenvalue weighted by Gasteiger charge is -2.09. The smallest absolute Gasteiger partial charge is 0.274 e. The highest BCUT2D eigenvalue weighted by Crippen LogP contribution is 2.25. The zero-order chi connectivity index (χ0) is 19.3. The summed E-state index contributed by atoms with van der Waals surface area (Å²) < 4.78 is 1.58. The van der Waals surface area contributed by atoms with Crippen molar-refractivity contribution in [3.63, 3.8) is 0 Å². The number of benzene rings is 1. The van der Waals surface area contributed by atoms with Crippen molar-refractivity contribution in [2.24, 2.45) is 0 Å². The third-order valence-corrected chi connectivity index (χ3v) is 4.26. The molecule has 0 fully saturated rings. The maximum absolute atomic E-state index is 12.8. The van der Waals surface area contributed by atoms with Gasteiger partial charge in [-0.05, 0) is 42.5 Å². The predicted molar refractivity (Wildman–Crippen MR) is 105 cm³/mol. The summed E-state index contributed by atoms with van der Waals surface area (Å²) in [6, 6.07) is 16.3. The van der Waals surface area contributed by atoms with E-state index in [9.17, 15) is 4.79 Å². The van der Waals surface area contributed by atoms with E-state index in [1.165, 1.54) is 0 Å². The highest BCUT2D eigenvalue weighted by atomic mass is 35.5. The molecule has 0 unspecified atom stereocenters. The molecule has 0 spiro atoms. The van der Waals surface area contributed by atoms with Crippen LogP contribution in [0.15, 0.2) is 73.2 Å². The van der Waals surface area contributed by atoms with Crippen LogP contribution in [0, 0.1) is 0 Å². The first-order valence-electron chi connectivity index (χ1n) is 8.52. The molecule has 138 valence electrons. The van der Waals surface area contributed by atoms with Crippen LogP contribution in [0.1, 0.15) is 16.2 Å². The number of rotatable bonds is 5. The Morgan fingerprint density at radius 3 is 2.75 bits per heavy atom. The Bertz CT molecular complexity index is 1100. The summed E-state index contributed by atoms with van der Waals surface area (Å²) in [6.07, 6.45) is 5.01. The summed E-state index contributed by atoms with van der Waals surface area (Å²) in [5.41, 5.74) is 2.90. The number of halogens is 1. The van der Waals surface area contributed by atoms with Crippen LogP contribution < -0.4 is 5.32 Å². The average Bonchev–Trinajstić information content (AvgIpc) is 3.19. The minimum absolute atomic E-state index is 0.198. The van der Waals surface area contributed by atoms with E-state index >= 15 is 0 Å². The zero-order valence-corrected chi connectivity index (χ0v) is 15.4. The van der Waals surface area contributed by atoms with Crippen LogP contribution in [0.5, 0.6) is 0 Å². The number of hydrogen-bond donors (Lipinski definition) is 1. The molecule has 0 radical (unpaired) electrons. The van der Waals surface area contributed by atoms with Gasteiger partial charge in [0.25, 0.3) is 5.91 Å². The fourth-order valence-electron chi connectivity index (χ4n) is 2.74. The van der Waals surface area contributed by atoms with Gasteiger partial charge in [0.15, 0.2) is 5.69 Å². The molecule has 0 aliphatic carbocycles. The minimum Gasteiger partial charge on any atom is -0.345 e. The van der Waals surface area contributed by atoms with Crippen LogP contribution in [0.3, 0.4) is 0 Å². The minimum atomic E-state index is -0.349. The first-order chi connectivity index (χ1) is 13.7. The molecule has 0 saturated carbocycles. The Balaban J connectivity index is 1.72. The van der Waals surface area contributed by atoms with Gasteiger partial charge in [-0.1, -0.05) is 28.9 Å². The summed E-state index contributed by atoms with van der Waals surface area (Å²) in [7, 11) is 0. The lowest BCUT2D eigenvalue weighted by atomic mass is 10.1. The van der Waals surface area contributed by atoms with Crippen molar-refractivity contribution in [1.29, 1.82) is 0 Å². The number of amides is 1. The Labute approximate surface area is 166 Å². The van der Waals surface area contributed by atoms with E-state index < -0.39 is 0 Å². The standard InChI is InChI=1S/C20H15ClN6O/c21-15-6-3-8-17(11-15)27-19(14-5-4-9-22-12-14)18(25-26-27)20(28)24-13-16-7-1-2-10-23-16/h1-12H,13H2,(H,24,28). The third kappa shape index (κ3) is 3.74. The van der Waals surface area contributed by atoms with E-state index in [2.05, 4.69) is 25.6 Å². The molecule has 8 heteroatoms. The zero-order valence-electron chi connectivity index (χ0n) is 14.7. The Hall–Kier alpha value is -3.58. The summed E-state index contributed by atoms with van der Waals surface area (Å²) in [5, 5.41) is 11.7. The summed E-state index contributed by atoms with van der Waals surface area (Å²) in [5.74, 6) is -0.349. The van der Waals surface area contributed by atoms with Gasteiger partial charge in [0.1, 0.15) is 5.69 Å². The van der Waals surface area contributed by atoms with Gasteiger partial charge in [-0.15, -0.1) is 5.10 Å². The fourth-order valence-corrected chi connectivity index (χ4v) is 2.93. The molecule has 0 saturated heterocycles. The number of nitrogens with zero attached hydrogens (tertiary/aromatic N) is 5. The molecular weight excluding hydrogens is 376 g/mol. The molecule has 4 rings (SSSR count). The lowest BCUT2D eigenvalue weighted by molar-refractivity contribution is 0.0946. The van der Waals surface area contributed by atoms with Gasteiger partial charge in [-0.25, -0.2) is 4.68 Å². The van der Waals surface area contributed by atoms with Crippen molar-refractivity contribution in [2.45, 2.75) is 6.54 Å². The number of pyridine rings is 2. The molecular formula is C20H15ClN6O. The van der Waals surface area contributed by atoms with E-state index in [1.807, 2.05) is 36.4 Å². The van der Waals surface area contributed by atoms with Crippen molar-refractivity contribution in [3.8, 4) is 16.9 Å². The van der Waals surface area contributed by atoms with Gasteiger partial charge < -0.3 is 5.32 Å². The number of hydrogen-bond acceptors (Lipinski definition) is 5. The Kier molecular flexibility index (Phi) is 5.07. The molecule has 7 nitrogen and oxygen atoms in total. The Morgan fingerprint density at radius 2 is 2.00 bits per heavy atom. The van der Waals surface area contributed by atoms with Crippen LogP contribution in [0.25, 0.3) is 16.9 Å². The summed E-state index contributed by atoms with van der Waals surface area (Å²) in [4.78, 5) is 21.2. The molecule has 1 N–H and O–H groups in total. The SMILES string of the molecule is O=C(NCc1ccccn1)c1nnn(-c2cccc(Cl)c2)c1-c1cccnc1. The van der Waals surface area contributed by atoms with Crippen molar-refractivity contribution in [1.82, 2.24) is 30.3 Å². The van der Waals surface area contributed by atoms with Gasteiger partial charge in [0.2, 0.25) is 0 Å². The highest BCUT2D eigenvalue weighted by molar-refractivity contribution is 6.30. The van der Waals surface area contributed by atoms with Crippen molar-refractivity contribution in [3.05, 3.63) is 89.6 Å². The van der Waals surface area contributed by atoms with Gasteiger partial charge in [0, 0.05) is 29.2 Å². The van der Waals surface area contributed by atoms with Crippen LogP contribution in [-0.2, 0) is 6.54 Å². The molecule has 3 heterocycles. The number of aromatic nitrogens is 5. The van der Waals surface area contributed by atoms with E-state index in [-0.39, 0.29) is 18.1 Å². The highest BCUT2D eigenvalue weighted by Gasteiger charge is 2.22. The van der Waals surface area contributed by atoms with Gasteiger partial charge >= 0.3 is 0 Å². The van der Waals surface area contributed by atoms with E-state index in [0.29, 0.717) is 16.4 Å². The summed E-state index contributed by atoms with van der Waals surface area (Å²) in [6.45, 7) is 0.288. The number of nitrogens with one attached hydrogen (secondary N) is 1. The number of carbonyl (C=O) groups is 1. The quantitative estimate of drug-likeness (QED) is 0.565. The average molecular weight is 391 g/mol. The molecule has 0 aliphatic heterocycles. The van der Waals surface area contributed by atoms with Gasteiger partial charge in [-0.2, -0.15) is 0 Å². The van der Waals surface area contributed by atoms with Crippen molar-refractivity contribution < 1.29 is 4.79 Å². The molecule has 1 aromatic carbocycles. The molecule has 28 heavy (non-hydrogen) atoms. The largest absolute Gasteiger partial charge is 0.345 e. The lowest BCUT2D eigenvalue weighted by Crippen LogP contribution is -2.24. The third-order valence-electron chi connectivity index (χ3n) is 4.03. The van der Waals surface area contributed by atoms with Crippen LogP contribution in [-0.4, -0.2) is 30.9 Å². The fraction of sp³-hybridized carbons (Fsp3) is 0.0500. The van der Waals surface area contributed by atoms with Crippen LogP contribution in [0.2, 0.25) is 5.02 Å². The molecule has 4 aromatic rings. The van der Waals surface area contributed by atoms with Gasteiger partial charge in [-0.3, -0.25) is 14.8 Å². The molecule has 0 aliphatic rings. The number of carbonyl (C=O) groups excluding carboxylic acids is 1. The van der Waals surface area contributed by atoms with E-state index in [1.54, 1.807) is 41.5 Å².